The molecule has 1 rings (SSSR count). The zero-order chi connectivity index (χ0) is 10.2. The van der Waals surface area contributed by atoms with Gasteiger partial charge in [-0.3, -0.25) is 0 Å². The number of unbranched alkanes of at least 4 members (excludes halogenated alkanes) is 2. The molecule has 2 heteroatoms. The van der Waals surface area contributed by atoms with Gasteiger partial charge in [-0.2, -0.15) is 0 Å². The number of nitrogens with zero attached hydrogens (tertiary/aromatic N) is 1. The third-order valence-corrected chi connectivity index (χ3v) is 2.89. The minimum atomic E-state index is 1.03. The third-order valence-electron chi connectivity index (χ3n) is 2.89. The molecule has 0 amide bonds. The van der Waals surface area contributed by atoms with Gasteiger partial charge in [-0.15, -0.1) is 0 Å². The van der Waals surface area contributed by atoms with E-state index in [1.807, 2.05) is 0 Å². The second-order valence-corrected chi connectivity index (χ2v) is 4.66. The quantitative estimate of drug-likeness (QED) is 0.571. The van der Waals surface area contributed by atoms with Crippen LogP contribution in [0, 0.1) is 5.92 Å². The summed E-state index contributed by atoms with van der Waals surface area (Å²) in [7, 11) is 2.24. The van der Waals surface area contributed by atoms with Crippen molar-refractivity contribution in [2.75, 3.05) is 33.2 Å². The number of likely N-dealkylation sites (N-methyl/N-ethyl adjacent to an activating group) is 1. The Hall–Kier alpha value is -0.0800. The van der Waals surface area contributed by atoms with E-state index in [1.54, 1.807) is 0 Å². The van der Waals surface area contributed by atoms with E-state index in [0.717, 1.165) is 12.5 Å². The number of hydrogen-bond acceptors (Lipinski definition) is 2. The van der Waals surface area contributed by atoms with E-state index < -0.39 is 0 Å². The first-order valence-electron chi connectivity index (χ1n) is 6.22. The van der Waals surface area contributed by atoms with E-state index in [4.69, 9.17) is 0 Å². The lowest BCUT2D eigenvalue weighted by Crippen LogP contribution is -2.31. The minimum absolute atomic E-state index is 1.03. The lowest BCUT2D eigenvalue weighted by molar-refractivity contribution is 0.318. The van der Waals surface area contributed by atoms with Crippen LogP contribution in [-0.2, 0) is 0 Å². The second-order valence-electron chi connectivity index (χ2n) is 4.66. The van der Waals surface area contributed by atoms with Crippen molar-refractivity contribution in [2.24, 2.45) is 5.92 Å². The first-order valence-corrected chi connectivity index (χ1v) is 6.22. The summed E-state index contributed by atoms with van der Waals surface area (Å²) in [6, 6.07) is 0. The standard InChI is InChI=1S/C12H26N2/c1-3-4-5-8-13-9-10-14(2)11-12-6-7-12/h12-13H,3-11H2,1-2H3. The van der Waals surface area contributed by atoms with Gasteiger partial charge in [0, 0.05) is 19.6 Å². The Kier molecular flexibility index (Phi) is 6.20. The van der Waals surface area contributed by atoms with Crippen LogP contribution in [0.15, 0.2) is 0 Å². The lowest BCUT2D eigenvalue weighted by Gasteiger charge is -2.16. The van der Waals surface area contributed by atoms with Gasteiger partial charge < -0.3 is 10.2 Å². The van der Waals surface area contributed by atoms with Crippen LogP contribution in [0.2, 0.25) is 0 Å². The zero-order valence-electron chi connectivity index (χ0n) is 9.89. The molecule has 0 unspecified atom stereocenters. The van der Waals surface area contributed by atoms with Crippen molar-refractivity contribution in [3.8, 4) is 0 Å². The summed E-state index contributed by atoms with van der Waals surface area (Å²) in [4.78, 5) is 2.46. The van der Waals surface area contributed by atoms with Crippen molar-refractivity contribution in [2.45, 2.75) is 39.0 Å². The molecule has 1 aliphatic rings. The van der Waals surface area contributed by atoms with Crippen molar-refractivity contribution in [3.63, 3.8) is 0 Å². The van der Waals surface area contributed by atoms with E-state index in [-0.39, 0.29) is 0 Å². The zero-order valence-corrected chi connectivity index (χ0v) is 9.89. The Bertz CT molecular complexity index is 132. The molecule has 0 aliphatic heterocycles. The van der Waals surface area contributed by atoms with Crippen molar-refractivity contribution in [1.82, 2.24) is 10.2 Å². The van der Waals surface area contributed by atoms with Gasteiger partial charge in [0.15, 0.2) is 0 Å². The van der Waals surface area contributed by atoms with Gasteiger partial charge in [-0.05, 0) is 38.8 Å². The number of hydrogen-bond donors (Lipinski definition) is 1. The van der Waals surface area contributed by atoms with Gasteiger partial charge in [-0.1, -0.05) is 19.8 Å². The van der Waals surface area contributed by atoms with E-state index in [9.17, 15) is 0 Å². The summed E-state index contributed by atoms with van der Waals surface area (Å²) < 4.78 is 0. The summed E-state index contributed by atoms with van der Waals surface area (Å²) in [5.41, 5.74) is 0. The van der Waals surface area contributed by atoms with Gasteiger partial charge in [0.1, 0.15) is 0 Å². The average Bonchev–Trinajstić information content (AvgIpc) is 2.95. The number of rotatable bonds is 9. The molecule has 14 heavy (non-hydrogen) atoms. The van der Waals surface area contributed by atoms with Gasteiger partial charge in [-0.25, -0.2) is 0 Å². The van der Waals surface area contributed by atoms with Crippen LogP contribution in [0.4, 0.5) is 0 Å². The minimum Gasteiger partial charge on any atom is -0.315 e. The Morgan fingerprint density at radius 2 is 2.00 bits per heavy atom. The average molecular weight is 198 g/mol. The smallest absolute Gasteiger partial charge is 0.0104 e. The maximum atomic E-state index is 3.50. The van der Waals surface area contributed by atoms with Crippen molar-refractivity contribution in [1.29, 1.82) is 0 Å². The molecule has 0 aromatic carbocycles. The summed E-state index contributed by atoms with van der Waals surface area (Å²) in [6.45, 7) is 7.14. The lowest BCUT2D eigenvalue weighted by atomic mass is 10.2. The largest absolute Gasteiger partial charge is 0.315 e. The first kappa shape index (κ1) is 12.0. The normalized spacial score (nSPS) is 16.5. The fourth-order valence-corrected chi connectivity index (χ4v) is 1.73. The molecule has 0 radical (unpaired) electrons. The number of nitrogens with one attached hydrogen (secondary N) is 1. The van der Waals surface area contributed by atoms with Crippen molar-refractivity contribution in [3.05, 3.63) is 0 Å². The molecule has 84 valence electrons. The Balaban J connectivity index is 1.77. The summed E-state index contributed by atoms with van der Waals surface area (Å²) >= 11 is 0. The molecule has 0 atom stereocenters. The summed E-state index contributed by atoms with van der Waals surface area (Å²) in [5, 5.41) is 3.50. The highest BCUT2D eigenvalue weighted by atomic mass is 15.1. The fraction of sp³-hybridized carbons (Fsp3) is 1.00. The van der Waals surface area contributed by atoms with Crippen LogP contribution >= 0.6 is 0 Å². The van der Waals surface area contributed by atoms with E-state index >= 15 is 0 Å². The fourth-order valence-electron chi connectivity index (χ4n) is 1.73. The molecule has 2 nitrogen and oxygen atoms in total. The molecular formula is C12H26N2. The molecule has 0 aromatic heterocycles. The van der Waals surface area contributed by atoms with Gasteiger partial charge in [0.2, 0.25) is 0 Å². The molecule has 0 bridgehead atoms. The van der Waals surface area contributed by atoms with Crippen molar-refractivity contribution >= 4 is 0 Å². The van der Waals surface area contributed by atoms with Crippen LogP contribution in [0.25, 0.3) is 0 Å². The summed E-state index contributed by atoms with van der Waals surface area (Å²) in [6.07, 6.45) is 6.96. The molecule has 0 heterocycles. The van der Waals surface area contributed by atoms with Gasteiger partial charge in [0.05, 0.1) is 0 Å². The molecule has 1 fully saturated rings. The van der Waals surface area contributed by atoms with Crippen LogP contribution in [0.3, 0.4) is 0 Å². The molecule has 1 aliphatic carbocycles. The third kappa shape index (κ3) is 6.39. The van der Waals surface area contributed by atoms with Crippen molar-refractivity contribution < 1.29 is 0 Å². The first-order chi connectivity index (χ1) is 6.83. The van der Waals surface area contributed by atoms with Crippen LogP contribution in [-0.4, -0.2) is 38.1 Å². The molecule has 0 aromatic rings. The maximum absolute atomic E-state index is 3.50. The van der Waals surface area contributed by atoms with E-state index in [2.05, 4.69) is 24.2 Å². The molecule has 1 N–H and O–H groups in total. The Labute approximate surface area is 89.1 Å². The maximum Gasteiger partial charge on any atom is 0.0104 e. The predicted octanol–water partition coefficient (Wildman–Crippen LogP) is 2.11. The van der Waals surface area contributed by atoms with Crippen LogP contribution in [0.1, 0.15) is 39.0 Å². The van der Waals surface area contributed by atoms with E-state index in [0.29, 0.717) is 0 Å². The van der Waals surface area contributed by atoms with E-state index in [1.165, 1.54) is 51.7 Å². The van der Waals surface area contributed by atoms with Gasteiger partial charge >= 0.3 is 0 Å². The molecule has 1 saturated carbocycles. The molecule has 0 saturated heterocycles. The molecular weight excluding hydrogens is 172 g/mol. The van der Waals surface area contributed by atoms with Crippen LogP contribution in [0.5, 0.6) is 0 Å². The second kappa shape index (κ2) is 7.24. The van der Waals surface area contributed by atoms with Crippen LogP contribution < -0.4 is 5.32 Å². The van der Waals surface area contributed by atoms with Gasteiger partial charge in [0.25, 0.3) is 0 Å². The monoisotopic (exact) mass is 198 g/mol. The topological polar surface area (TPSA) is 15.3 Å². The Morgan fingerprint density at radius 3 is 2.64 bits per heavy atom. The highest BCUT2D eigenvalue weighted by Gasteiger charge is 2.22. The Morgan fingerprint density at radius 1 is 1.21 bits per heavy atom. The highest BCUT2D eigenvalue weighted by molar-refractivity contribution is 4.76. The highest BCUT2D eigenvalue weighted by Crippen LogP contribution is 2.29. The SMILES string of the molecule is CCCCCNCCN(C)CC1CC1. The summed E-state index contributed by atoms with van der Waals surface area (Å²) in [5.74, 6) is 1.03. The molecule has 0 spiro atoms. The predicted molar refractivity (Wildman–Crippen MR) is 62.6 cm³/mol.